The minimum atomic E-state index is -1.85. The number of ether oxygens (including phenoxy) is 10. The van der Waals surface area contributed by atoms with E-state index in [4.69, 9.17) is 51.8 Å². The van der Waals surface area contributed by atoms with E-state index >= 15 is 0 Å². The van der Waals surface area contributed by atoms with Crippen molar-refractivity contribution in [3.05, 3.63) is 52.4 Å². The van der Waals surface area contributed by atoms with Gasteiger partial charge in [-0.05, 0) is 24.6 Å². The van der Waals surface area contributed by atoms with Crippen molar-refractivity contribution in [2.24, 2.45) is 0 Å². The summed E-state index contributed by atoms with van der Waals surface area (Å²) in [5, 5.41) is 22.9. The Labute approximate surface area is 351 Å². The SMILES string of the molecule is CC(=O)Oc1ccc(-c2coc3cc(O)c(C4OC(COC5OC(C)C(OC(C)=O)C(OC(C)=O)C5OC(C)=O)C(OC(C)=O)C(OC(C)=O)C4OC(C)=O)c(O)c3c2=O)cc1. The van der Waals surface area contributed by atoms with Crippen molar-refractivity contribution in [2.45, 2.75) is 117 Å². The summed E-state index contributed by atoms with van der Waals surface area (Å²) in [5.74, 6) is -7.48. The number of fused-ring (bicyclic) bond motifs is 1. The fourth-order valence-electron chi connectivity index (χ4n) is 7.17. The van der Waals surface area contributed by atoms with E-state index in [-0.39, 0.29) is 22.5 Å². The highest BCUT2D eigenvalue weighted by atomic mass is 16.7. The second-order valence-corrected chi connectivity index (χ2v) is 14.2. The maximum absolute atomic E-state index is 14.1. The summed E-state index contributed by atoms with van der Waals surface area (Å²) in [6, 6.07) is 6.72. The van der Waals surface area contributed by atoms with Crippen molar-refractivity contribution in [1.29, 1.82) is 0 Å². The molecule has 0 aliphatic carbocycles. The van der Waals surface area contributed by atoms with E-state index in [0.717, 1.165) is 53.9 Å². The monoisotopic (exact) mass is 872 g/mol. The van der Waals surface area contributed by atoms with Crippen LogP contribution in [-0.4, -0.2) is 114 Å². The number of carbonyl (C=O) groups excluding carboxylic acids is 7. The van der Waals surface area contributed by atoms with Crippen molar-refractivity contribution < 1.29 is 95.6 Å². The molecule has 2 fully saturated rings. The maximum Gasteiger partial charge on any atom is 0.308 e. The first-order chi connectivity index (χ1) is 29.2. The summed E-state index contributed by atoms with van der Waals surface area (Å²) >= 11 is 0. The van der Waals surface area contributed by atoms with Gasteiger partial charge in [0.1, 0.15) is 46.7 Å². The second kappa shape index (κ2) is 19.4. The van der Waals surface area contributed by atoms with Crippen LogP contribution in [0, 0.1) is 0 Å². The van der Waals surface area contributed by atoms with Gasteiger partial charge in [-0.25, -0.2) is 0 Å². The topological polar surface area (TPSA) is 282 Å². The molecule has 10 atom stereocenters. The van der Waals surface area contributed by atoms with Crippen molar-refractivity contribution in [3.8, 4) is 28.4 Å². The molecule has 1 aromatic heterocycles. The van der Waals surface area contributed by atoms with E-state index in [9.17, 15) is 48.6 Å². The quantitative estimate of drug-likeness (QED) is 0.150. The third-order valence-corrected chi connectivity index (χ3v) is 9.37. The molecular formula is C41H44O21. The number of aromatic hydroxyl groups is 2. The molecular weight excluding hydrogens is 828 g/mol. The number of hydrogen-bond acceptors (Lipinski definition) is 21. The van der Waals surface area contributed by atoms with Crippen LogP contribution in [0.15, 0.2) is 45.8 Å². The summed E-state index contributed by atoms with van der Waals surface area (Å²) in [5.41, 5.74) is -1.48. The Morgan fingerprint density at radius 2 is 1.13 bits per heavy atom. The van der Waals surface area contributed by atoms with Gasteiger partial charge in [0.2, 0.25) is 5.43 Å². The largest absolute Gasteiger partial charge is 0.507 e. The molecule has 2 aromatic carbocycles. The summed E-state index contributed by atoms with van der Waals surface area (Å²) in [6.07, 6.45) is -14.7. The third kappa shape index (κ3) is 10.6. The molecule has 0 radical (unpaired) electrons. The zero-order valence-electron chi connectivity index (χ0n) is 34.6. The Kier molecular flexibility index (Phi) is 14.6. The van der Waals surface area contributed by atoms with E-state index in [0.29, 0.717) is 0 Å². The van der Waals surface area contributed by atoms with Gasteiger partial charge in [0.15, 0.2) is 42.9 Å². The van der Waals surface area contributed by atoms with Gasteiger partial charge in [-0.15, -0.1) is 0 Å². The standard InChI is InChI=1S/C41H44O21/c1-16-34(56-18(3)43)37(58-20(5)45)40(61-23(8)48)41(54-16)53-15-29-35(57-19(4)44)38(59-21(6)46)39(60-22(7)47)36(62-29)30-27(49)13-28-31(33(30)51)32(50)26(14-52-28)24-9-11-25(12-10-24)55-17(2)42/h9-14,16,29,34-41,49,51H,15H2,1-8H3. The molecule has 334 valence electrons. The first kappa shape index (κ1) is 46.5. The van der Waals surface area contributed by atoms with Gasteiger partial charge in [0.25, 0.3) is 0 Å². The van der Waals surface area contributed by atoms with Gasteiger partial charge in [0, 0.05) is 54.5 Å². The van der Waals surface area contributed by atoms with Gasteiger partial charge in [-0.1, -0.05) is 12.1 Å². The molecule has 2 N–H and O–H groups in total. The second-order valence-electron chi connectivity index (χ2n) is 14.2. The molecule has 3 aromatic rings. The third-order valence-electron chi connectivity index (χ3n) is 9.37. The van der Waals surface area contributed by atoms with Gasteiger partial charge in [-0.2, -0.15) is 0 Å². The first-order valence-corrected chi connectivity index (χ1v) is 18.9. The number of esters is 7. The molecule has 0 amide bonds. The number of carbonyl (C=O) groups is 7. The molecule has 21 nitrogen and oxygen atoms in total. The average Bonchev–Trinajstić information content (AvgIpc) is 3.15. The molecule has 3 heterocycles. The fourth-order valence-corrected chi connectivity index (χ4v) is 7.17. The lowest BCUT2D eigenvalue weighted by molar-refractivity contribution is -0.314. The van der Waals surface area contributed by atoms with Gasteiger partial charge in [-0.3, -0.25) is 38.4 Å². The fraction of sp³-hybridized carbons (Fsp3) is 0.463. The van der Waals surface area contributed by atoms with Gasteiger partial charge in [0.05, 0.1) is 23.8 Å². The number of benzene rings is 2. The van der Waals surface area contributed by atoms with Crippen LogP contribution in [0.3, 0.4) is 0 Å². The average molecular weight is 873 g/mol. The number of phenols is 2. The molecule has 0 bridgehead atoms. The molecule has 0 saturated carbocycles. The van der Waals surface area contributed by atoms with Crippen LogP contribution in [0.2, 0.25) is 0 Å². The molecule has 62 heavy (non-hydrogen) atoms. The summed E-state index contributed by atoms with van der Waals surface area (Å²) < 4.78 is 62.0. The minimum Gasteiger partial charge on any atom is -0.507 e. The van der Waals surface area contributed by atoms with Crippen LogP contribution in [-0.2, 0) is 76.2 Å². The van der Waals surface area contributed by atoms with E-state index in [1.165, 1.54) is 38.1 Å². The smallest absolute Gasteiger partial charge is 0.308 e. The van der Waals surface area contributed by atoms with Gasteiger partial charge >= 0.3 is 41.8 Å². The molecule has 2 aliphatic heterocycles. The maximum atomic E-state index is 14.1. The highest BCUT2D eigenvalue weighted by molar-refractivity contribution is 5.90. The Balaban J connectivity index is 1.63. The van der Waals surface area contributed by atoms with E-state index in [1.54, 1.807) is 0 Å². The van der Waals surface area contributed by atoms with E-state index in [2.05, 4.69) is 0 Å². The van der Waals surface area contributed by atoms with Crippen molar-refractivity contribution in [1.82, 2.24) is 0 Å². The Hall–Kier alpha value is -6.58. The molecule has 0 spiro atoms. The van der Waals surface area contributed by atoms with Crippen LogP contribution in [0.1, 0.15) is 67.1 Å². The lowest BCUT2D eigenvalue weighted by Gasteiger charge is -2.46. The Bertz CT molecular complexity index is 2280. The number of hydrogen-bond donors (Lipinski definition) is 2. The molecule has 21 heteroatoms. The zero-order chi connectivity index (χ0) is 45.7. The minimum absolute atomic E-state index is 0.0778. The Morgan fingerprint density at radius 3 is 1.68 bits per heavy atom. The van der Waals surface area contributed by atoms with Crippen LogP contribution in [0.25, 0.3) is 22.1 Å². The summed E-state index contributed by atoms with van der Waals surface area (Å²) in [7, 11) is 0. The lowest BCUT2D eigenvalue weighted by atomic mass is 9.88. The van der Waals surface area contributed by atoms with Crippen LogP contribution in [0.4, 0.5) is 0 Å². The van der Waals surface area contributed by atoms with Crippen LogP contribution >= 0.6 is 0 Å². The molecule has 5 rings (SSSR count). The summed E-state index contributed by atoms with van der Waals surface area (Å²) in [4.78, 5) is 99.9. The van der Waals surface area contributed by atoms with Gasteiger partial charge < -0.3 is 62.0 Å². The molecule has 2 saturated heterocycles. The number of phenolic OH excluding ortho intramolecular Hbond substituents is 2. The first-order valence-electron chi connectivity index (χ1n) is 18.9. The van der Waals surface area contributed by atoms with E-state index < -0.39 is 137 Å². The van der Waals surface area contributed by atoms with Crippen molar-refractivity contribution in [3.63, 3.8) is 0 Å². The predicted molar refractivity (Wildman–Crippen MR) is 204 cm³/mol. The highest BCUT2D eigenvalue weighted by Crippen LogP contribution is 2.47. The molecule has 2 aliphatic rings. The highest BCUT2D eigenvalue weighted by Gasteiger charge is 2.55. The zero-order valence-corrected chi connectivity index (χ0v) is 34.6. The summed E-state index contributed by atoms with van der Waals surface area (Å²) in [6.45, 7) is 8.13. The van der Waals surface area contributed by atoms with E-state index in [1.807, 2.05) is 0 Å². The molecule has 10 unspecified atom stereocenters. The predicted octanol–water partition coefficient (Wildman–Crippen LogP) is 2.59. The Morgan fingerprint density at radius 1 is 0.629 bits per heavy atom. The van der Waals surface area contributed by atoms with Crippen LogP contribution < -0.4 is 10.2 Å². The lowest BCUT2D eigenvalue weighted by Crippen LogP contribution is -2.62. The van der Waals surface area contributed by atoms with Crippen molar-refractivity contribution in [2.75, 3.05) is 6.61 Å². The number of rotatable bonds is 12. The normalized spacial score (nSPS) is 25.7. The van der Waals surface area contributed by atoms with Crippen molar-refractivity contribution >= 4 is 52.8 Å². The van der Waals surface area contributed by atoms with Crippen LogP contribution in [0.5, 0.6) is 17.2 Å².